The molecule has 2 aliphatic heterocycles. The summed E-state index contributed by atoms with van der Waals surface area (Å²) < 4.78 is 28.4. The van der Waals surface area contributed by atoms with Gasteiger partial charge in [-0.25, -0.2) is 0 Å². The second-order valence-corrected chi connectivity index (χ2v) is 8.75. The van der Waals surface area contributed by atoms with Crippen molar-refractivity contribution in [2.45, 2.75) is 62.7 Å². The summed E-state index contributed by atoms with van der Waals surface area (Å²) >= 11 is 0. The molecule has 0 amide bonds. The van der Waals surface area contributed by atoms with Crippen molar-refractivity contribution >= 4 is 0 Å². The van der Waals surface area contributed by atoms with Gasteiger partial charge in [0.15, 0.2) is 41.5 Å². The summed E-state index contributed by atoms with van der Waals surface area (Å²) in [5.41, 5.74) is 1.66. The Morgan fingerprint density at radius 1 is 0.943 bits per heavy atom. The summed E-state index contributed by atoms with van der Waals surface area (Å²) in [6, 6.07) is 10.4. The lowest BCUT2D eigenvalue weighted by Crippen LogP contribution is -2.57. The molecule has 0 spiro atoms. The molecule has 0 unspecified atom stereocenters. The molecule has 0 saturated carbocycles. The fourth-order valence-electron chi connectivity index (χ4n) is 4.25. The Labute approximate surface area is 203 Å². The molecule has 4 rings (SSSR count). The van der Waals surface area contributed by atoms with Crippen LogP contribution in [0.5, 0.6) is 23.0 Å². The van der Waals surface area contributed by atoms with Crippen molar-refractivity contribution in [2.24, 2.45) is 0 Å². The molecular formula is C25H32O10. The second-order valence-electron chi connectivity index (χ2n) is 8.75. The molecule has 1 fully saturated rings. The van der Waals surface area contributed by atoms with Gasteiger partial charge < -0.3 is 49.2 Å². The Bertz CT molecular complexity index is 998. The molecule has 2 heterocycles. The molecule has 7 atom stereocenters. The Balaban J connectivity index is 1.38. The van der Waals surface area contributed by atoms with E-state index in [2.05, 4.69) is 0 Å². The molecule has 5 N–H and O–H groups in total. The van der Waals surface area contributed by atoms with Crippen LogP contribution in [0.2, 0.25) is 0 Å². The lowest BCUT2D eigenvalue weighted by Gasteiger charge is -2.38. The van der Waals surface area contributed by atoms with Gasteiger partial charge in [-0.2, -0.15) is 0 Å². The van der Waals surface area contributed by atoms with Crippen LogP contribution in [0.3, 0.4) is 0 Å². The van der Waals surface area contributed by atoms with E-state index in [1.165, 1.54) is 13.2 Å². The number of benzene rings is 2. The molecule has 0 radical (unpaired) electrons. The topological polar surface area (TPSA) is 147 Å². The van der Waals surface area contributed by atoms with E-state index in [-0.39, 0.29) is 19.0 Å². The number of aliphatic hydroxyl groups excluding tert-OH is 4. The SMILES string of the molecule is COc1cc([C@H]2Oc3cc(CCCO[C@H]4O[C@@H](C)[C@H](O)[C@@H](O)[C@H]4O)ccc3O[C@H]2CO)ccc1O. The summed E-state index contributed by atoms with van der Waals surface area (Å²) in [5, 5.41) is 49.4. The van der Waals surface area contributed by atoms with Gasteiger partial charge in [-0.05, 0) is 49.6 Å². The number of aliphatic hydroxyl groups is 4. The zero-order chi connectivity index (χ0) is 25.1. The first kappa shape index (κ1) is 25.5. The van der Waals surface area contributed by atoms with Gasteiger partial charge in [-0.15, -0.1) is 0 Å². The summed E-state index contributed by atoms with van der Waals surface area (Å²) in [5.74, 6) is 1.35. The van der Waals surface area contributed by atoms with E-state index in [1.807, 2.05) is 12.1 Å². The Morgan fingerprint density at radius 3 is 2.49 bits per heavy atom. The molecule has 2 aromatic rings. The van der Waals surface area contributed by atoms with E-state index in [4.69, 9.17) is 23.7 Å². The molecule has 0 bridgehead atoms. The van der Waals surface area contributed by atoms with Crippen molar-refractivity contribution in [2.75, 3.05) is 20.3 Å². The summed E-state index contributed by atoms with van der Waals surface area (Å²) in [6.07, 6.45) is -5.47. The molecule has 0 aliphatic carbocycles. The average Bonchev–Trinajstić information content (AvgIpc) is 2.87. The molecule has 0 aromatic heterocycles. The molecule has 35 heavy (non-hydrogen) atoms. The van der Waals surface area contributed by atoms with E-state index in [0.717, 1.165) is 5.56 Å². The van der Waals surface area contributed by atoms with E-state index < -0.39 is 42.9 Å². The summed E-state index contributed by atoms with van der Waals surface area (Å²) in [4.78, 5) is 0. The van der Waals surface area contributed by atoms with Crippen LogP contribution >= 0.6 is 0 Å². The van der Waals surface area contributed by atoms with Gasteiger partial charge >= 0.3 is 0 Å². The van der Waals surface area contributed by atoms with Gasteiger partial charge in [0, 0.05) is 5.56 Å². The smallest absolute Gasteiger partial charge is 0.186 e. The van der Waals surface area contributed by atoms with Gasteiger partial charge in [-0.3, -0.25) is 0 Å². The highest BCUT2D eigenvalue weighted by Crippen LogP contribution is 2.41. The Hall–Kier alpha value is -2.60. The maximum absolute atomic E-state index is 10.1. The normalized spacial score (nSPS) is 30.2. The molecule has 192 valence electrons. The highest BCUT2D eigenvalue weighted by Gasteiger charge is 2.42. The number of hydrogen-bond acceptors (Lipinski definition) is 10. The number of methoxy groups -OCH3 is 1. The maximum Gasteiger partial charge on any atom is 0.186 e. The van der Waals surface area contributed by atoms with Crippen LogP contribution in [0, 0.1) is 0 Å². The quantitative estimate of drug-likeness (QED) is 0.339. The van der Waals surface area contributed by atoms with E-state index in [1.54, 1.807) is 25.1 Å². The summed E-state index contributed by atoms with van der Waals surface area (Å²) in [7, 11) is 1.46. The number of phenolic OH excluding ortho intramolecular Hbond substituents is 1. The fourth-order valence-corrected chi connectivity index (χ4v) is 4.25. The van der Waals surface area contributed by atoms with Crippen LogP contribution in [0.4, 0.5) is 0 Å². The minimum Gasteiger partial charge on any atom is -0.504 e. The Morgan fingerprint density at radius 2 is 1.74 bits per heavy atom. The second kappa shape index (κ2) is 11.0. The Kier molecular flexibility index (Phi) is 8.00. The lowest BCUT2D eigenvalue weighted by molar-refractivity contribution is -0.293. The number of phenols is 1. The van der Waals surface area contributed by atoms with Gasteiger partial charge in [0.2, 0.25) is 0 Å². The zero-order valence-electron chi connectivity index (χ0n) is 19.6. The van der Waals surface area contributed by atoms with Gasteiger partial charge in [0.1, 0.15) is 18.3 Å². The zero-order valence-corrected chi connectivity index (χ0v) is 19.6. The number of ether oxygens (including phenoxy) is 5. The molecule has 2 aliphatic rings. The number of fused-ring (bicyclic) bond motifs is 1. The van der Waals surface area contributed by atoms with Crippen molar-refractivity contribution < 1.29 is 49.2 Å². The molecule has 10 nitrogen and oxygen atoms in total. The van der Waals surface area contributed by atoms with Crippen LogP contribution in [0.25, 0.3) is 0 Å². The van der Waals surface area contributed by atoms with Crippen molar-refractivity contribution in [1.29, 1.82) is 0 Å². The van der Waals surface area contributed by atoms with Crippen LogP contribution < -0.4 is 14.2 Å². The maximum atomic E-state index is 10.1. The number of rotatable bonds is 8. The van der Waals surface area contributed by atoms with Gasteiger partial charge in [0.05, 0.1) is 26.4 Å². The summed E-state index contributed by atoms with van der Waals surface area (Å²) in [6.45, 7) is 1.62. The average molecular weight is 493 g/mol. The molecule has 2 aromatic carbocycles. The lowest BCUT2D eigenvalue weighted by atomic mass is 10.00. The van der Waals surface area contributed by atoms with Crippen molar-refractivity contribution in [1.82, 2.24) is 0 Å². The van der Waals surface area contributed by atoms with Gasteiger partial charge in [0.25, 0.3) is 0 Å². The highest BCUT2D eigenvalue weighted by atomic mass is 16.7. The standard InChI is InChI=1S/C25H32O10/c1-13-21(28)22(29)23(30)25(33-13)32-9-3-4-14-5-8-17-19(10-14)35-24(20(12-26)34-17)15-6-7-16(27)18(11-15)31-2/h5-8,10-11,13,20-30H,3-4,9,12H2,1-2H3/t13-,20-,21-,22+,23+,24+,25-/m0/s1. The van der Waals surface area contributed by atoms with Gasteiger partial charge in [-0.1, -0.05) is 12.1 Å². The van der Waals surface area contributed by atoms with Crippen LogP contribution in [-0.2, 0) is 15.9 Å². The minimum absolute atomic E-state index is 0.00437. The predicted molar refractivity (Wildman–Crippen MR) is 123 cm³/mol. The highest BCUT2D eigenvalue weighted by molar-refractivity contribution is 5.47. The first-order chi connectivity index (χ1) is 16.8. The predicted octanol–water partition coefficient (Wildman–Crippen LogP) is 1.05. The van der Waals surface area contributed by atoms with Crippen LogP contribution in [0.15, 0.2) is 36.4 Å². The van der Waals surface area contributed by atoms with Crippen molar-refractivity contribution in [3.8, 4) is 23.0 Å². The van der Waals surface area contributed by atoms with E-state index >= 15 is 0 Å². The third-order valence-corrected chi connectivity index (χ3v) is 6.29. The number of hydrogen-bond donors (Lipinski definition) is 5. The van der Waals surface area contributed by atoms with Crippen LogP contribution in [-0.4, -0.2) is 82.7 Å². The van der Waals surface area contributed by atoms with E-state index in [9.17, 15) is 25.5 Å². The first-order valence-electron chi connectivity index (χ1n) is 11.6. The molecule has 10 heteroatoms. The first-order valence-corrected chi connectivity index (χ1v) is 11.6. The third kappa shape index (κ3) is 5.48. The largest absolute Gasteiger partial charge is 0.504 e. The van der Waals surface area contributed by atoms with Crippen LogP contribution in [0.1, 0.15) is 30.6 Å². The van der Waals surface area contributed by atoms with Crippen molar-refractivity contribution in [3.05, 3.63) is 47.5 Å². The molecule has 1 saturated heterocycles. The van der Waals surface area contributed by atoms with E-state index in [0.29, 0.717) is 35.7 Å². The molecular weight excluding hydrogens is 460 g/mol. The number of aromatic hydroxyl groups is 1. The number of aryl methyl sites for hydroxylation is 1. The third-order valence-electron chi connectivity index (χ3n) is 6.29. The fraction of sp³-hybridized carbons (Fsp3) is 0.520. The monoisotopic (exact) mass is 492 g/mol. The van der Waals surface area contributed by atoms with Crippen molar-refractivity contribution in [3.63, 3.8) is 0 Å². The minimum atomic E-state index is -1.33.